The van der Waals surface area contributed by atoms with E-state index in [2.05, 4.69) is 210 Å². The van der Waals surface area contributed by atoms with Crippen LogP contribution in [0.5, 0.6) is 0 Å². The van der Waals surface area contributed by atoms with Gasteiger partial charge in [0, 0.05) is 10.8 Å². The van der Waals surface area contributed by atoms with Crippen molar-refractivity contribution >= 4 is 21.5 Å². The minimum atomic E-state index is 0.0317. The third-order valence-corrected chi connectivity index (χ3v) is 20.3. The summed E-state index contributed by atoms with van der Waals surface area (Å²) in [6.07, 6.45) is 36.7. The Balaban J connectivity index is 1.03. The predicted molar refractivity (Wildman–Crippen MR) is 368 cm³/mol. The highest BCUT2D eigenvalue weighted by Crippen LogP contribution is 2.57. The number of hydrogen-bond acceptors (Lipinski definition) is 0. The summed E-state index contributed by atoms with van der Waals surface area (Å²) < 4.78 is 0. The third-order valence-electron chi connectivity index (χ3n) is 20.3. The maximum Gasteiger partial charge on any atom is 0.0215 e. The highest BCUT2D eigenvalue weighted by Gasteiger charge is 2.44. The average molecular weight is 1110 g/mol. The van der Waals surface area contributed by atoms with Gasteiger partial charge in [-0.1, -0.05) is 340 Å². The monoisotopic (exact) mass is 1110 g/mol. The zero-order valence-electron chi connectivity index (χ0n) is 52.1. The average Bonchev–Trinajstić information content (AvgIpc) is 1.53. The van der Waals surface area contributed by atoms with Crippen LogP contribution in [0.2, 0.25) is 0 Å². The molecule has 0 aromatic heterocycles. The van der Waals surface area contributed by atoms with Gasteiger partial charge in [0.1, 0.15) is 0 Å². The Morgan fingerprint density at radius 2 is 0.500 bits per heavy atom. The second kappa shape index (κ2) is 28.6. The standard InChI is InChI=1S/C84H98/c1-5-9-13-17-21-35-55-83(56-36-22-18-14-10-6-2)77-45-33-31-43-69(77)71-51-47-67(61-79(71)83)65-49-53-73-75(59-65)81(63-39-27-25-28-40-63)74-54-50-66(60-76(74)82(73)64-41-29-26-30-42-64)68-48-52-72-70-44-32-34-46-78(70)84(80(72)62-68,57-37-23-19-15-11-7-3)58-38-24-20-16-12-8-4/h25-34,39-54,59-62H,5-24,35-38,55-58H2,1-4H3. The Morgan fingerprint density at radius 3 is 0.857 bits per heavy atom. The lowest BCUT2D eigenvalue weighted by Gasteiger charge is -2.33. The Bertz CT molecular complexity index is 3300. The molecule has 0 heterocycles. The summed E-state index contributed by atoms with van der Waals surface area (Å²) in [4.78, 5) is 0. The molecule has 0 N–H and O–H groups in total. The highest BCUT2D eigenvalue weighted by molar-refractivity contribution is 6.22. The molecule has 2 aliphatic carbocycles. The molecule has 434 valence electrons. The van der Waals surface area contributed by atoms with Crippen LogP contribution in [0.15, 0.2) is 182 Å². The lowest BCUT2D eigenvalue weighted by molar-refractivity contribution is 0.398. The van der Waals surface area contributed by atoms with Crippen molar-refractivity contribution in [1.29, 1.82) is 0 Å². The second-order valence-corrected chi connectivity index (χ2v) is 25.8. The summed E-state index contributed by atoms with van der Waals surface area (Å²) in [6.45, 7) is 9.34. The van der Waals surface area contributed by atoms with Crippen molar-refractivity contribution in [2.45, 2.75) is 218 Å². The van der Waals surface area contributed by atoms with E-state index in [0.29, 0.717) is 0 Å². The molecule has 84 heavy (non-hydrogen) atoms. The quantitative estimate of drug-likeness (QED) is 0.0291. The Kier molecular flexibility index (Phi) is 20.2. The van der Waals surface area contributed by atoms with Crippen molar-refractivity contribution in [3.63, 3.8) is 0 Å². The normalized spacial score (nSPS) is 13.6. The first kappa shape index (κ1) is 59.2. The molecule has 0 heteroatoms. The van der Waals surface area contributed by atoms with Crippen LogP contribution >= 0.6 is 0 Å². The Labute approximate surface area is 508 Å². The zero-order valence-corrected chi connectivity index (χ0v) is 52.1. The summed E-state index contributed by atoms with van der Waals surface area (Å²) >= 11 is 0. The van der Waals surface area contributed by atoms with Crippen LogP contribution in [0.25, 0.3) is 88.3 Å². The molecular weight excluding hydrogens is 1010 g/mol. The van der Waals surface area contributed by atoms with Gasteiger partial charge in [-0.3, -0.25) is 0 Å². The number of benzene rings is 9. The van der Waals surface area contributed by atoms with Crippen molar-refractivity contribution < 1.29 is 0 Å². The number of rotatable bonds is 32. The summed E-state index contributed by atoms with van der Waals surface area (Å²) in [5.74, 6) is 0. The van der Waals surface area contributed by atoms with Crippen molar-refractivity contribution in [3.05, 3.63) is 204 Å². The maximum absolute atomic E-state index is 2.66. The van der Waals surface area contributed by atoms with E-state index < -0.39 is 0 Å². The van der Waals surface area contributed by atoms with E-state index >= 15 is 0 Å². The second-order valence-electron chi connectivity index (χ2n) is 25.8. The first-order valence-electron chi connectivity index (χ1n) is 34.2. The van der Waals surface area contributed by atoms with Crippen LogP contribution in [-0.2, 0) is 10.8 Å². The Hall–Kier alpha value is -6.50. The van der Waals surface area contributed by atoms with E-state index in [4.69, 9.17) is 0 Å². The summed E-state index contributed by atoms with van der Waals surface area (Å²) in [6, 6.07) is 71.9. The van der Waals surface area contributed by atoms with Crippen LogP contribution in [0.1, 0.15) is 230 Å². The lowest BCUT2D eigenvalue weighted by atomic mass is 9.70. The topological polar surface area (TPSA) is 0 Å². The molecule has 0 bridgehead atoms. The summed E-state index contributed by atoms with van der Waals surface area (Å²) in [7, 11) is 0. The molecule has 0 saturated carbocycles. The first-order chi connectivity index (χ1) is 41.5. The molecule has 9 aromatic rings. The van der Waals surface area contributed by atoms with E-state index in [1.54, 1.807) is 22.3 Å². The molecule has 0 fully saturated rings. The van der Waals surface area contributed by atoms with Crippen molar-refractivity contribution in [1.82, 2.24) is 0 Å². The van der Waals surface area contributed by atoms with Crippen molar-refractivity contribution in [2.24, 2.45) is 0 Å². The minimum absolute atomic E-state index is 0.0317. The fourth-order valence-corrected chi connectivity index (χ4v) is 15.8. The largest absolute Gasteiger partial charge is 0.0654 e. The van der Waals surface area contributed by atoms with E-state index in [0.717, 1.165) is 0 Å². The molecule has 9 aromatic carbocycles. The molecule has 0 atom stereocenters. The molecular formula is C84H98. The van der Waals surface area contributed by atoms with Gasteiger partial charge < -0.3 is 0 Å². The molecule has 2 aliphatic rings. The Morgan fingerprint density at radius 1 is 0.214 bits per heavy atom. The van der Waals surface area contributed by atoms with Gasteiger partial charge >= 0.3 is 0 Å². The van der Waals surface area contributed by atoms with Gasteiger partial charge in [-0.05, 0) is 161 Å². The van der Waals surface area contributed by atoms with Gasteiger partial charge in [-0.2, -0.15) is 0 Å². The molecule has 0 radical (unpaired) electrons. The molecule has 0 unspecified atom stereocenters. The predicted octanol–water partition coefficient (Wildman–Crippen LogP) is 26.2. The maximum atomic E-state index is 2.66. The minimum Gasteiger partial charge on any atom is -0.0654 e. The van der Waals surface area contributed by atoms with Gasteiger partial charge in [0.2, 0.25) is 0 Å². The molecule has 0 aliphatic heterocycles. The van der Waals surface area contributed by atoms with Crippen LogP contribution in [0, 0.1) is 0 Å². The van der Waals surface area contributed by atoms with Crippen molar-refractivity contribution in [3.8, 4) is 66.8 Å². The van der Waals surface area contributed by atoms with E-state index in [1.807, 2.05) is 0 Å². The van der Waals surface area contributed by atoms with E-state index in [9.17, 15) is 0 Å². The van der Waals surface area contributed by atoms with Gasteiger partial charge in [-0.25, -0.2) is 0 Å². The lowest BCUT2D eigenvalue weighted by Crippen LogP contribution is -2.25. The van der Waals surface area contributed by atoms with E-state index in [1.165, 1.54) is 268 Å². The fraction of sp³-hybridized carbons (Fsp3) is 0.405. The number of fused-ring (bicyclic) bond motifs is 8. The smallest absolute Gasteiger partial charge is 0.0215 e. The first-order valence-corrected chi connectivity index (χ1v) is 34.2. The van der Waals surface area contributed by atoms with Gasteiger partial charge in [-0.15, -0.1) is 0 Å². The summed E-state index contributed by atoms with van der Waals surface area (Å²) in [5.41, 5.74) is 22.6. The molecule has 11 rings (SSSR count). The van der Waals surface area contributed by atoms with E-state index in [-0.39, 0.29) is 10.8 Å². The number of unbranched alkanes of at least 4 members (excludes halogenated alkanes) is 20. The van der Waals surface area contributed by atoms with Gasteiger partial charge in [0.15, 0.2) is 0 Å². The van der Waals surface area contributed by atoms with Gasteiger partial charge in [0.05, 0.1) is 0 Å². The highest BCUT2D eigenvalue weighted by atomic mass is 14.5. The SMILES string of the molecule is CCCCCCCCC1(CCCCCCCC)c2ccccc2-c2ccc(-c3ccc4c(-c5ccccc5)c5cc(-c6ccc7c(c6)C(CCCCCCCC)(CCCCCCCC)c6ccccc6-7)ccc5c(-c5ccccc5)c4c3)cc21. The van der Waals surface area contributed by atoms with Gasteiger partial charge in [0.25, 0.3) is 0 Å². The fourth-order valence-electron chi connectivity index (χ4n) is 15.8. The van der Waals surface area contributed by atoms with Crippen molar-refractivity contribution in [2.75, 3.05) is 0 Å². The molecule has 0 nitrogen and oxygen atoms in total. The zero-order chi connectivity index (χ0) is 57.6. The van der Waals surface area contributed by atoms with Crippen LogP contribution in [0.4, 0.5) is 0 Å². The molecule has 0 saturated heterocycles. The summed E-state index contributed by atoms with van der Waals surface area (Å²) in [5, 5.41) is 5.25. The van der Waals surface area contributed by atoms with Crippen LogP contribution in [0.3, 0.4) is 0 Å². The van der Waals surface area contributed by atoms with Crippen LogP contribution < -0.4 is 0 Å². The molecule has 0 spiro atoms. The molecule has 0 amide bonds. The third kappa shape index (κ3) is 12.4. The van der Waals surface area contributed by atoms with Crippen LogP contribution in [-0.4, -0.2) is 0 Å². The number of hydrogen-bond donors (Lipinski definition) is 0.